The lowest BCUT2D eigenvalue weighted by atomic mass is 9.88. The van der Waals surface area contributed by atoms with E-state index in [4.69, 9.17) is 4.52 Å². The molecule has 162 valence electrons. The third-order valence-electron chi connectivity index (χ3n) is 5.74. The molecule has 0 unspecified atom stereocenters. The smallest absolute Gasteiger partial charge is 0.336 e. The molecule has 0 amide bonds. The monoisotopic (exact) mass is 421 g/mol. The van der Waals surface area contributed by atoms with Gasteiger partial charge in [-0.25, -0.2) is 4.98 Å². The average Bonchev–Trinajstić information content (AvgIpc) is 3.27. The lowest BCUT2D eigenvalue weighted by Gasteiger charge is -2.31. The number of aromatic nitrogens is 4. The molecule has 0 spiro atoms. The van der Waals surface area contributed by atoms with Gasteiger partial charge < -0.3 is 4.52 Å². The van der Waals surface area contributed by atoms with Crippen molar-refractivity contribution < 1.29 is 17.7 Å². The first kappa shape index (κ1) is 20.8. The van der Waals surface area contributed by atoms with E-state index in [1.807, 2.05) is 6.20 Å². The highest BCUT2D eigenvalue weighted by atomic mass is 19.4. The maximum absolute atomic E-state index is 13.6. The molecule has 4 heterocycles. The van der Waals surface area contributed by atoms with Crippen molar-refractivity contribution in [3.05, 3.63) is 40.5 Å². The zero-order valence-electron chi connectivity index (χ0n) is 17.6. The van der Waals surface area contributed by atoms with Gasteiger partial charge in [-0.05, 0) is 38.9 Å². The molecule has 0 radical (unpaired) electrons. The minimum absolute atomic E-state index is 0.0106. The van der Waals surface area contributed by atoms with Crippen LogP contribution in [0.15, 0.2) is 16.8 Å². The highest BCUT2D eigenvalue weighted by molar-refractivity contribution is 5.81. The molecule has 0 aliphatic carbocycles. The van der Waals surface area contributed by atoms with Gasteiger partial charge in [0.05, 0.1) is 22.8 Å². The Kier molecular flexibility index (Phi) is 5.12. The second-order valence-corrected chi connectivity index (χ2v) is 9.13. The number of fused-ring (bicyclic) bond motifs is 1. The summed E-state index contributed by atoms with van der Waals surface area (Å²) in [7, 11) is 0. The zero-order valence-corrected chi connectivity index (χ0v) is 17.6. The fourth-order valence-electron chi connectivity index (χ4n) is 4.28. The number of nitrogens with one attached hydrogen (secondary N) is 1. The van der Waals surface area contributed by atoms with E-state index >= 15 is 0 Å². The summed E-state index contributed by atoms with van der Waals surface area (Å²) in [6, 6.07) is 1.07. The second-order valence-electron chi connectivity index (χ2n) is 9.13. The molecule has 1 N–H and O–H groups in total. The highest BCUT2D eigenvalue weighted by Crippen LogP contribution is 2.40. The van der Waals surface area contributed by atoms with Crippen LogP contribution in [-0.4, -0.2) is 38.3 Å². The van der Waals surface area contributed by atoms with Crippen molar-refractivity contribution in [2.75, 3.05) is 13.1 Å². The molecule has 0 atom stereocenters. The van der Waals surface area contributed by atoms with Crippen LogP contribution in [0.25, 0.3) is 11.1 Å². The van der Waals surface area contributed by atoms with E-state index in [2.05, 4.69) is 46.0 Å². The van der Waals surface area contributed by atoms with Crippen molar-refractivity contribution in [1.29, 1.82) is 0 Å². The Morgan fingerprint density at radius 3 is 2.53 bits per heavy atom. The Labute approximate surface area is 172 Å². The van der Waals surface area contributed by atoms with Crippen LogP contribution in [0.2, 0.25) is 0 Å². The molecule has 0 bridgehead atoms. The first-order chi connectivity index (χ1) is 14.0. The Morgan fingerprint density at radius 1 is 1.20 bits per heavy atom. The Morgan fingerprint density at radius 2 is 1.90 bits per heavy atom. The summed E-state index contributed by atoms with van der Waals surface area (Å²) in [6.07, 6.45) is -1.18. The molecule has 1 aliphatic heterocycles. The molecular weight excluding hydrogens is 395 g/mol. The predicted octanol–water partition coefficient (Wildman–Crippen LogP) is 4.95. The number of nitrogens with zero attached hydrogens (tertiary/aromatic N) is 4. The summed E-state index contributed by atoms with van der Waals surface area (Å²) >= 11 is 0. The summed E-state index contributed by atoms with van der Waals surface area (Å²) in [4.78, 5) is 6.42. The summed E-state index contributed by atoms with van der Waals surface area (Å²) < 4.78 is 46.0. The summed E-state index contributed by atoms with van der Waals surface area (Å²) in [5, 5.41) is 11.3. The third-order valence-corrected chi connectivity index (χ3v) is 5.74. The van der Waals surface area contributed by atoms with E-state index in [0.29, 0.717) is 5.69 Å². The number of rotatable bonds is 3. The summed E-state index contributed by atoms with van der Waals surface area (Å²) in [6.45, 7) is 10.3. The van der Waals surface area contributed by atoms with Crippen molar-refractivity contribution in [3.63, 3.8) is 0 Å². The van der Waals surface area contributed by atoms with Crippen LogP contribution in [-0.2, 0) is 18.1 Å². The number of piperidine rings is 1. The van der Waals surface area contributed by atoms with Crippen molar-refractivity contribution in [2.45, 2.75) is 64.6 Å². The number of aryl methyl sites for hydroxylation is 1. The van der Waals surface area contributed by atoms with Crippen LogP contribution in [0.1, 0.15) is 67.7 Å². The van der Waals surface area contributed by atoms with E-state index in [1.54, 1.807) is 0 Å². The largest absolute Gasteiger partial charge is 0.417 e. The normalized spacial score (nSPS) is 17.2. The fraction of sp³-hybridized carbons (Fsp3) is 0.571. The summed E-state index contributed by atoms with van der Waals surface area (Å²) in [5.41, 5.74) is 2.15. The first-order valence-corrected chi connectivity index (χ1v) is 10.1. The lowest BCUT2D eigenvalue weighted by Crippen LogP contribution is -2.33. The van der Waals surface area contributed by atoms with Crippen LogP contribution in [0, 0.1) is 6.92 Å². The maximum Gasteiger partial charge on any atom is 0.417 e. The van der Waals surface area contributed by atoms with Crippen molar-refractivity contribution in [3.8, 4) is 0 Å². The van der Waals surface area contributed by atoms with Gasteiger partial charge in [0.15, 0.2) is 0 Å². The molecule has 4 rings (SSSR count). The second kappa shape index (κ2) is 7.37. The molecule has 9 heteroatoms. The van der Waals surface area contributed by atoms with Gasteiger partial charge in [0.2, 0.25) is 0 Å². The van der Waals surface area contributed by atoms with Crippen molar-refractivity contribution in [1.82, 2.24) is 25.2 Å². The van der Waals surface area contributed by atoms with Crippen LogP contribution in [0.3, 0.4) is 0 Å². The van der Waals surface area contributed by atoms with Crippen LogP contribution in [0.5, 0.6) is 0 Å². The van der Waals surface area contributed by atoms with Crippen molar-refractivity contribution in [2.24, 2.45) is 0 Å². The number of alkyl halides is 3. The van der Waals surface area contributed by atoms with Crippen LogP contribution < -0.4 is 0 Å². The van der Waals surface area contributed by atoms with Gasteiger partial charge in [-0.3, -0.25) is 10.00 Å². The van der Waals surface area contributed by atoms with E-state index in [-0.39, 0.29) is 28.1 Å². The Hall–Kier alpha value is -2.42. The highest BCUT2D eigenvalue weighted by Gasteiger charge is 2.37. The average molecular weight is 421 g/mol. The van der Waals surface area contributed by atoms with Gasteiger partial charge in [0.25, 0.3) is 5.71 Å². The van der Waals surface area contributed by atoms with E-state index in [0.717, 1.165) is 49.8 Å². The molecule has 1 saturated heterocycles. The minimum atomic E-state index is -4.47. The number of likely N-dealkylation sites (tertiary alicyclic amines) is 1. The lowest BCUT2D eigenvalue weighted by molar-refractivity contribution is -0.136. The minimum Gasteiger partial charge on any atom is -0.336 e. The quantitative estimate of drug-likeness (QED) is 0.648. The number of pyridine rings is 1. The number of hydrogen-bond acceptors (Lipinski definition) is 5. The Balaban J connectivity index is 1.53. The van der Waals surface area contributed by atoms with Gasteiger partial charge in [-0.2, -0.15) is 18.3 Å². The van der Waals surface area contributed by atoms with Gasteiger partial charge in [0, 0.05) is 34.8 Å². The molecule has 3 aromatic heterocycles. The molecule has 1 fully saturated rings. The van der Waals surface area contributed by atoms with Gasteiger partial charge >= 0.3 is 6.18 Å². The third kappa shape index (κ3) is 3.95. The molecule has 6 nitrogen and oxygen atoms in total. The van der Waals surface area contributed by atoms with Crippen molar-refractivity contribution >= 4 is 11.1 Å². The Bertz CT molecular complexity index is 1040. The molecule has 0 aromatic carbocycles. The van der Waals surface area contributed by atoms with E-state index in [9.17, 15) is 13.2 Å². The first-order valence-electron chi connectivity index (χ1n) is 10.1. The molecular formula is C21H26F3N5O. The van der Waals surface area contributed by atoms with Gasteiger partial charge in [-0.15, -0.1) is 0 Å². The molecule has 30 heavy (non-hydrogen) atoms. The standard InChI is InChI=1S/C21H26F3N5O/c1-12-9-15(21(22,23)24)16-17(28-30-19(16)26-12)13-5-7-29(8-6-13)11-14-10-25-27-18(14)20(2,3)4/h9-10,13H,5-8,11H2,1-4H3,(H,25,27). The van der Waals surface area contributed by atoms with Crippen LogP contribution in [0.4, 0.5) is 13.2 Å². The summed E-state index contributed by atoms with van der Waals surface area (Å²) in [5.74, 6) is -0.0838. The number of H-pyrrole nitrogens is 1. The topological polar surface area (TPSA) is 70.8 Å². The molecule has 3 aromatic rings. The van der Waals surface area contributed by atoms with E-state index < -0.39 is 11.7 Å². The number of hydrogen-bond donors (Lipinski definition) is 1. The fourth-order valence-corrected chi connectivity index (χ4v) is 4.28. The van der Waals surface area contributed by atoms with Gasteiger partial charge in [0.1, 0.15) is 0 Å². The molecule has 1 aliphatic rings. The van der Waals surface area contributed by atoms with Gasteiger partial charge in [-0.1, -0.05) is 25.9 Å². The van der Waals surface area contributed by atoms with Crippen LogP contribution >= 0.6 is 0 Å². The SMILES string of the molecule is Cc1cc(C(F)(F)F)c2c(C3CCN(Cc4cn[nH]c4C(C)(C)C)CC3)noc2n1. The van der Waals surface area contributed by atoms with E-state index in [1.165, 1.54) is 6.92 Å². The number of aromatic amines is 1. The number of halogens is 3. The predicted molar refractivity (Wildman–Crippen MR) is 106 cm³/mol. The zero-order chi connectivity index (χ0) is 21.7. The molecule has 0 saturated carbocycles. The maximum atomic E-state index is 13.6.